The molecule has 0 saturated carbocycles. The van der Waals surface area contributed by atoms with E-state index in [9.17, 15) is 0 Å². The molecular weight excluding hydrogens is 326 g/mol. The Kier molecular flexibility index (Phi) is 4.66. The van der Waals surface area contributed by atoms with Crippen molar-refractivity contribution in [2.24, 2.45) is 7.05 Å². The predicted octanol–water partition coefficient (Wildman–Crippen LogP) is 4.00. The first-order chi connectivity index (χ1) is 8.99. The van der Waals surface area contributed by atoms with Crippen molar-refractivity contribution >= 4 is 27.5 Å². The summed E-state index contributed by atoms with van der Waals surface area (Å²) in [5.74, 6) is 0. The number of rotatable bonds is 4. The van der Waals surface area contributed by atoms with E-state index >= 15 is 0 Å². The number of benzene rings is 1. The molecule has 1 aromatic heterocycles. The normalized spacial score (nSPS) is 12.7. The zero-order chi connectivity index (χ0) is 14.0. The summed E-state index contributed by atoms with van der Waals surface area (Å²) in [6, 6.07) is 8.58. The van der Waals surface area contributed by atoms with Gasteiger partial charge in [0.15, 0.2) is 0 Å². The number of hydrogen-bond acceptors (Lipinski definition) is 2. The zero-order valence-electron chi connectivity index (χ0n) is 11.2. The summed E-state index contributed by atoms with van der Waals surface area (Å²) in [6.45, 7) is 4.76. The first-order valence-corrected chi connectivity index (χ1v) is 7.33. The summed E-state index contributed by atoms with van der Waals surface area (Å²) in [6.07, 6.45) is 0. The van der Waals surface area contributed by atoms with Gasteiger partial charge in [0.1, 0.15) is 0 Å². The standard InChI is InChI=1S/C14H17BrClN3/c1-9(11-4-6-12(15)7-5-11)17-8-13-14(16)10(2)18-19(13)3/h4-7,9,17H,8H2,1-3H3/t9-/m1/s1. The fraction of sp³-hybridized carbons (Fsp3) is 0.357. The predicted molar refractivity (Wildman–Crippen MR) is 82.4 cm³/mol. The maximum atomic E-state index is 6.23. The summed E-state index contributed by atoms with van der Waals surface area (Å²) in [4.78, 5) is 0. The molecule has 19 heavy (non-hydrogen) atoms. The highest BCUT2D eigenvalue weighted by Gasteiger charge is 2.12. The molecule has 1 N–H and O–H groups in total. The molecule has 0 aliphatic heterocycles. The molecule has 0 aliphatic carbocycles. The van der Waals surface area contributed by atoms with Crippen molar-refractivity contribution in [2.75, 3.05) is 0 Å². The second kappa shape index (κ2) is 6.07. The molecule has 102 valence electrons. The van der Waals surface area contributed by atoms with Crippen LogP contribution in [-0.4, -0.2) is 9.78 Å². The molecule has 5 heteroatoms. The van der Waals surface area contributed by atoms with Crippen molar-refractivity contribution < 1.29 is 0 Å². The maximum absolute atomic E-state index is 6.23. The van der Waals surface area contributed by atoms with Crippen LogP contribution in [0.4, 0.5) is 0 Å². The SMILES string of the molecule is Cc1nn(C)c(CN[C@H](C)c2ccc(Br)cc2)c1Cl. The summed E-state index contributed by atoms with van der Waals surface area (Å²) in [5, 5.41) is 8.53. The molecule has 0 amide bonds. The number of halogens is 2. The van der Waals surface area contributed by atoms with Gasteiger partial charge in [0.05, 0.1) is 16.4 Å². The molecule has 0 unspecified atom stereocenters. The van der Waals surface area contributed by atoms with E-state index in [-0.39, 0.29) is 6.04 Å². The van der Waals surface area contributed by atoms with Gasteiger partial charge in [0.2, 0.25) is 0 Å². The lowest BCUT2D eigenvalue weighted by Crippen LogP contribution is -2.20. The number of nitrogens with one attached hydrogen (secondary N) is 1. The molecule has 1 heterocycles. The van der Waals surface area contributed by atoms with Crippen LogP contribution in [0.3, 0.4) is 0 Å². The van der Waals surface area contributed by atoms with Crippen LogP contribution in [0.5, 0.6) is 0 Å². The first-order valence-electron chi connectivity index (χ1n) is 6.16. The van der Waals surface area contributed by atoms with Crippen LogP contribution in [0.1, 0.15) is 29.9 Å². The minimum atomic E-state index is 0.263. The fourth-order valence-corrected chi connectivity index (χ4v) is 2.48. The first kappa shape index (κ1) is 14.6. The Balaban J connectivity index is 2.04. The van der Waals surface area contributed by atoms with Crippen LogP contribution in [0.15, 0.2) is 28.7 Å². The van der Waals surface area contributed by atoms with Gasteiger partial charge < -0.3 is 5.32 Å². The Bertz CT molecular complexity index is 563. The average molecular weight is 343 g/mol. The van der Waals surface area contributed by atoms with Crippen molar-refractivity contribution in [3.8, 4) is 0 Å². The van der Waals surface area contributed by atoms with E-state index in [0.717, 1.165) is 20.9 Å². The third kappa shape index (κ3) is 3.38. The fourth-order valence-electron chi connectivity index (χ4n) is 1.99. The second-order valence-corrected chi connectivity index (χ2v) is 5.92. The largest absolute Gasteiger partial charge is 0.305 e. The summed E-state index contributed by atoms with van der Waals surface area (Å²) >= 11 is 9.68. The van der Waals surface area contributed by atoms with Gasteiger partial charge >= 0.3 is 0 Å². The van der Waals surface area contributed by atoms with E-state index in [0.29, 0.717) is 6.54 Å². The van der Waals surface area contributed by atoms with Crippen molar-refractivity contribution in [2.45, 2.75) is 26.4 Å². The Hall–Kier alpha value is -0.840. The van der Waals surface area contributed by atoms with Gasteiger partial charge in [-0.15, -0.1) is 0 Å². The Morgan fingerprint density at radius 1 is 1.37 bits per heavy atom. The maximum Gasteiger partial charge on any atom is 0.0860 e. The smallest absolute Gasteiger partial charge is 0.0860 e. The number of hydrogen-bond donors (Lipinski definition) is 1. The zero-order valence-corrected chi connectivity index (χ0v) is 13.6. The molecule has 1 atom stereocenters. The number of nitrogens with zero attached hydrogens (tertiary/aromatic N) is 2. The molecule has 0 spiro atoms. The van der Waals surface area contributed by atoms with Gasteiger partial charge in [0, 0.05) is 24.1 Å². The lowest BCUT2D eigenvalue weighted by molar-refractivity contribution is 0.548. The Morgan fingerprint density at radius 2 is 2.00 bits per heavy atom. The third-order valence-electron chi connectivity index (χ3n) is 3.21. The molecule has 2 rings (SSSR count). The monoisotopic (exact) mass is 341 g/mol. The average Bonchev–Trinajstić information content (AvgIpc) is 2.62. The molecule has 0 radical (unpaired) electrons. The summed E-state index contributed by atoms with van der Waals surface area (Å²) in [5.41, 5.74) is 3.14. The van der Waals surface area contributed by atoms with Crippen LogP contribution >= 0.6 is 27.5 Å². The Morgan fingerprint density at radius 3 is 2.53 bits per heavy atom. The number of aryl methyl sites for hydroxylation is 2. The lowest BCUT2D eigenvalue weighted by Gasteiger charge is -2.14. The second-order valence-electron chi connectivity index (χ2n) is 4.62. The summed E-state index contributed by atoms with van der Waals surface area (Å²) in [7, 11) is 1.92. The van der Waals surface area contributed by atoms with Crippen molar-refractivity contribution in [1.29, 1.82) is 0 Å². The van der Waals surface area contributed by atoms with Crippen LogP contribution in [0.2, 0.25) is 5.02 Å². The highest BCUT2D eigenvalue weighted by molar-refractivity contribution is 9.10. The molecule has 1 aromatic carbocycles. The van der Waals surface area contributed by atoms with E-state index in [1.54, 1.807) is 0 Å². The van der Waals surface area contributed by atoms with Gasteiger partial charge in [-0.1, -0.05) is 39.7 Å². The van der Waals surface area contributed by atoms with Crippen LogP contribution in [-0.2, 0) is 13.6 Å². The molecular formula is C14H17BrClN3. The summed E-state index contributed by atoms with van der Waals surface area (Å²) < 4.78 is 2.92. The topological polar surface area (TPSA) is 29.9 Å². The highest BCUT2D eigenvalue weighted by Crippen LogP contribution is 2.21. The Labute approximate surface area is 127 Å². The van der Waals surface area contributed by atoms with Crippen LogP contribution < -0.4 is 5.32 Å². The van der Waals surface area contributed by atoms with Crippen molar-refractivity contribution in [1.82, 2.24) is 15.1 Å². The number of aromatic nitrogens is 2. The minimum Gasteiger partial charge on any atom is -0.305 e. The van der Waals surface area contributed by atoms with Gasteiger partial charge in [-0.25, -0.2) is 0 Å². The quantitative estimate of drug-likeness (QED) is 0.910. The van der Waals surface area contributed by atoms with E-state index in [2.05, 4.69) is 57.5 Å². The van der Waals surface area contributed by atoms with E-state index < -0.39 is 0 Å². The van der Waals surface area contributed by atoms with E-state index in [1.165, 1.54) is 5.56 Å². The van der Waals surface area contributed by atoms with E-state index in [1.807, 2.05) is 18.7 Å². The van der Waals surface area contributed by atoms with Crippen molar-refractivity contribution in [3.05, 3.63) is 50.7 Å². The molecule has 0 aliphatic rings. The molecule has 3 nitrogen and oxygen atoms in total. The highest BCUT2D eigenvalue weighted by atomic mass is 79.9. The van der Waals surface area contributed by atoms with Gasteiger partial charge in [-0.05, 0) is 31.5 Å². The van der Waals surface area contributed by atoms with Gasteiger partial charge in [-0.2, -0.15) is 5.10 Å². The molecule has 0 fully saturated rings. The molecule has 0 bridgehead atoms. The van der Waals surface area contributed by atoms with E-state index in [4.69, 9.17) is 11.6 Å². The minimum absolute atomic E-state index is 0.263. The van der Waals surface area contributed by atoms with Crippen LogP contribution in [0, 0.1) is 6.92 Å². The third-order valence-corrected chi connectivity index (χ3v) is 4.23. The van der Waals surface area contributed by atoms with Gasteiger partial charge in [-0.3, -0.25) is 4.68 Å². The van der Waals surface area contributed by atoms with Gasteiger partial charge in [0.25, 0.3) is 0 Å². The van der Waals surface area contributed by atoms with Crippen molar-refractivity contribution in [3.63, 3.8) is 0 Å². The molecule has 0 saturated heterocycles. The lowest BCUT2D eigenvalue weighted by atomic mass is 10.1. The van der Waals surface area contributed by atoms with Crippen LogP contribution in [0.25, 0.3) is 0 Å². The molecule has 2 aromatic rings.